The van der Waals surface area contributed by atoms with E-state index in [9.17, 15) is 24.0 Å². The van der Waals surface area contributed by atoms with E-state index >= 15 is 4.39 Å². The lowest BCUT2D eigenvalue weighted by Crippen LogP contribution is -2.52. The molecule has 14 heteroatoms. The van der Waals surface area contributed by atoms with Gasteiger partial charge in [0.15, 0.2) is 0 Å². The number of amides is 5. The van der Waals surface area contributed by atoms with E-state index < -0.39 is 11.9 Å². The maximum atomic E-state index is 15.2. The number of carbonyl (C=O) groups excluding carboxylic acids is 4. The van der Waals surface area contributed by atoms with Crippen molar-refractivity contribution in [2.75, 3.05) is 45.7 Å². The zero-order valence-corrected chi connectivity index (χ0v) is 31.5. The minimum Gasteiger partial charge on any atom is -0.496 e. The number of likely N-dealkylation sites (tertiary alicyclic amines) is 2. The van der Waals surface area contributed by atoms with E-state index in [1.807, 2.05) is 11.8 Å². The quantitative estimate of drug-likeness (QED) is 0.317. The van der Waals surface area contributed by atoms with Gasteiger partial charge in [0.05, 0.1) is 12.1 Å². The van der Waals surface area contributed by atoms with Crippen molar-refractivity contribution in [1.82, 2.24) is 24.6 Å². The van der Waals surface area contributed by atoms with Crippen molar-refractivity contribution >= 4 is 41.0 Å². The van der Waals surface area contributed by atoms with E-state index in [-0.39, 0.29) is 58.2 Å². The van der Waals surface area contributed by atoms with Crippen molar-refractivity contribution in [3.63, 3.8) is 0 Å². The number of piperidine rings is 3. The van der Waals surface area contributed by atoms with Gasteiger partial charge in [-0.05, 0) is 92.8 Å². The molecule has 12 nitrogen and oxygen atoms in total. The van der Waals surface area contributed by atoms with Crippen LogP contribution in [0.2, 0.25) is 5.02 Å². The second kappa shape index (κ2) is 15.6. The van der Waals surface area contributed by atoms with Gasteiger partial charge in [-0.25, -0.2) is 9.18 Å². The number of anilines is 1. The number of hydrogen-bond acceptors (Lipinski definition) is 7. The van der Waals surface area contributed by atoms with Gasteiger partial charge in [0.2, 0.25) is 11.8 Å². The third-order valence-corrected chi connectivity index (χ3v) is 11.4. The summed E-state index contributed by atoms with van der Waals surface area (Å²) >= 11 is 6.76. The zero-order valence-electron chi connectivity index (χ0n) is 30.8. The molecule has 0 bridgehead atoms. The number of hydrogen-bond donors (Lipinski definition) is 2. The fraction of sp³-hybridized carbons (Fsp3) is 0.462. The second-order valence-electron chi connectivity index (χ2n) is 14.3. The molecule has 0 spiro atoms. The summed E-state index contributed by atoms with van der Waals surface area (Å²) in [6.45, 7) is 5.54. The molecule has 3 saturated heterocycles. The summed E-state index contributed by atoms with van der Waals surface area (Å²) in [7, 11) is 4.99. The molecule has 2 aromatic carbocycles. The summed E-state index contributed by atoms with van der Waals surface area (Å²) in [5.41, 5.74) is 4.29. The minimum atomic E-state index is -0.592. The number of benzene rings is 2. The molecular weight excluding hydrogens is 703 g/mol. The number of imide groups is 1. The highest BCUT2D eigenvalue weighted by Crippen LogP contribution is 2.37. The zero-order chi connectivity index (χ0) is 38.1. The van der Waals surface area contributed by atoms with Crippen LogP contribution >= 0.6 is 11.6 Å². The number of nitrogens with one attached hydrogen (secondary N) is 2. The van der Waals surface area contributed by atoms with Crippen molar-refractivity contribution in [2.45, 2.75) is 70.4 Å². The van der Waals surface area contributed by atoms with Crippen LogP contribution in [-0.2, 0) is 16.6 Å². The Hall–Kier alpha value is -4.91. The summed E-state index contributed by atoms with van der Waals surface area (Å²) in [5, 5.41) is 5.58. The van der Waals surface area contributed by atoms with E-state index in [1.165, 1.54) is 17.7 Å². The minimum absolute atomic E-state index is 0.0457. The first kappa shape index (κ1) is 37.8. The molecule has 4 heterocycles. The van der Waals surface area contributed by atoms with Crippen LogP contribution in [0.1, 0.15) is 71.5 Å². The number of nitrogens with zero attached hydrogens (tertiary/aromatic N) is 4. The molecule has 53 heavy (non-hydrogen) atoms. The highest BCUT2D eigenvalue weighted by molar-refractivity contribution is 6.34. The van der Waals surface area contributed by atoms with Gasteiger partial charge < -0.3 is 29.3 Å². The molecule has 3 aromatic rings. The van der Waals surface area contributed by atoms with E-state index in [4.69, 9.17) is 16.3 Å². The molecule has 3 fully saturated rings. The normalized spacial score (nSPS) is 18.5. The van der Waals surface area contributed by atoms with Gasteiger partial charge in [-0.1, -0.05) is 17.7 Å². The molecule has 3 aliphatic heterocycles. The van der Waals surface area contributed by atoms with E-state index in [0.717, 1.165) is 16.7 Å². The summed E-state index contributed by atoms with van der Waals surface area (Å²) < 4.78 is 22.4. The number of pyridine rings is 1. The Morgan fingerprint density at radius 2 is 1.64 bits per heavy atom. The Morgan fingerprint density at radius 3 is 2.28 bits per heavy atom. The van der Waals surface area contributed by atoms with Crippen LogP contribution in [0.4, 0.5) is 14.9 Å². The molecule has 1 aromatic heterocycles. The van der Waals surface area contributed by atoms with Crippen molar-refractivity contribution in [1.29, 1.82) is 0 Å². The maximum absolute atomic E-state index is 15.2. The molecular formula is C39H46ClFN6O6. The van der Waals surface area contributed by atoms with Gasteiger partial charge in [-0.3, -0.25) is 24.5 Å². The molecule has 0 saturated carbocycles. The Labute approximate surface area is 313 Å². The molecule has 0 radical (unpaired) electrons. The number of ether oxygens (including phenoxy) is 1. The van der Waals surface area contributed by atoms with Crippen LogP contribution in [0.15, 0.2) is 41.3 Å². The van der Waals surface area contributed by atoms with Gasteiger partial charge in [0.1, 0.15) is 23.2 Å². The highest BCUT2D eigenvalue weighted by atomic mass is 35.5. The first-order chi connectivity index (χ1) is 25.3. The van der Waals surface area contributed by atoms with Crippen LogP contribution < -0.4 is 20.9 Å². The van der Waals surface area contributed by atoms with Gasteiger partial charge >= 0.3 is 6.03 Å². The van der Waals surface area contributed by atoms with Crippen LogP contribution in [0.25, 0.3) is 11.1 Å². The van der Waals surface area contributed by atoms with Crippen LogP contribution in [-0.4, -0.2) is 95.4 Å². The number of urea groups is 1. The molecule has 1 atom stereocenters. The average molecular weight is 749 g/mol. The van der Waals surface area contributed by atoms with Gasteiger partial charge in [0, 0.05) is 75.7 Å². The van der Waals surface area contributed by atoms with E-state index in [2.05, 4.69) is 10.6 Å². The lowest BCUT2D eigenvalue weighted by atomic mass is 9.89. The largest absolute Gasteiger partial charge is 0.496 e. The van der Waals surface area contributed by atoms with Crippen LogP contribution in [0.3, 0.4) is 0 Å². The number of carbonyl (C=O) groups is 4. The molecule has 5 amide bonds. The average Bonchev–Trinajstić information content (AvgIpc) is 3.15. The molecule has 3 aliphatic rings. The van der Waals surface area contributed by atoms with Gasteiger partial charge in [0.25, 0.3) is 11.5 Å². The number of rotatable bonds is 7. The predicted molar refractivity (Wildman–Crippen MR) is 200 cm³/mol. The van der Waals surface area contributed by atoms with Crippen molar-refractivity contribution in [2.24, 2.45) is 7.05 Å². The third-order valence-electron chi connectivity index (χ3n) is 11.1. The van der Waals surface area contributed by atoms with Crippen molar-refractivity contribution < 1.29 is 28.3 Å². The topological polar surface area (TPSA) is 133 Å². The Balaban J connectivity index is 1.03. The Kier molecular flexibility index (Phi) is 11.1. The van der Waals surface area contributed by atoms with Gasteiger partial charge in [-0.2, -0.15) is 0 Å². The van der Waals surface area contributed by atoms with Crippen LogP contribution in [0.5, 0.6) is 5.75 Å². The molecule has 0 aliphatic carbocycles. The fourth-order valence-electron chi connectivity index (χ4n) is 7.73. The molecule has 282 valence electrons. The Bertz CT molecular complexity index is 2000. The lowest BCUT2D eigenvalue weighted by Gasteiger charge is -2.40. The summed E-state index contributed by atoms with van der Waals surface area (Å²) in [6.07, 6.45) is 4.78. The van der Waals surface area contributed by atoms with E-state index in [1.54, 1.807) is 61.3 Å². The smallest absolute Gasteiger partial charge is 0.319 e. The lowest BCUT2D eigenvalue weighted by molar-refractivity contribution is -0.133. The third kappa shape index (κ3) is 7.76. The first-order valence-electron chi connectivity index (χ1n) is 18.0. The standard InChI is InChI=1S/C39H46ClFN6O6/c1-22-23(2)37(50)44(3)21-29(22)25-18-30(40)35(33(19-25)53-5)38(51)46-16-12-27(13-17-46)45(4)39(52)47-14-10-24(11-15-47)28-7-6-26(20-31(28)41)42-32-8-9-34(48)43-36(32)49/h6-7,18-21,24,27,32,42H,8-17H2,1-5H3,(H,43,48,49). The number of halogens is 2. The summed E-state index contributed by atoms with van der Waals surface area (Å²) in [4.78, 5) is 68.6. The summed E-state index contributed by atoms with van der Waals surface area (Å²) in [5.74, 6) is -1.02. The number of aromatic nitrogens is 1. The maximum Gasteiger partial charge on any atom is 0.319 e. The van der Waals surface area contributed by atoms with Crippen molar-refractivity contribution in [3.8, 4) is 16.9 Å². The molecule has 2 N–H and O–H groups in total. The SMILES string of the molecule is COc1cc(-c2cn(C)c(=O)c(C)c2C)cc(Cl)c1C(=O)N1CCC(N(C)C(=O)N2CCC(c3ccc(NC4CCC(=O)NC4=O)cc3F)CC2)CC1. The number of methoxy groups -OCH3 is 1. The fourth-order valence-corrected chi connectivity index (χ4v) is 8.02. The summed E-state index contributed by atoms with van der Waals surface area (Å²) in [6, 6.07) is 7.66. The van der Waals surface area contributed by atoms with E-state index in [0.29, 0.717) is 80.8 Å². The second-order valence-corrected chi connectivity index (χ2v) is 14.7. The monoisotopic (exact) mass is 748 g/mol. The van der Waals surface area contributed by atoms with Crippen molar-refractivity contribution in [3.05, 3.63) is 80.0 Å². The predicted octanol–water partition coefficient (Wildman–Crippen LogP) is 5.22. The highest BCUT2D eigenvalue weighted by Gasteiger charge is 2.34. The molecule has 6 rings (SSSR count). The Morgan fingerprint density at radius 1 is 0.962 bits per heavy atom. The van der Waals surface area contributed by atoms with Gasteiger partial charge in [-0.15, -0.1) is 0 Å². The number of aryl methyl sites for hydroxylation is 1. The molecule has 1 unspecified atom stereocenters. The van der Waals surface area contributed by atoms with Crippen LogP contribution in [0, 0.1) is 19.7 Å². The first-order valence-corrected chi connectivity index (χ1v) is 18.4.